The van der Waals surface area contributed by atoms with Crippen LogP contribution in [-0.2, 0) is 9.53 Å². The molecule has 0 spiro atoms. The second-order valence-electron chi connectivity index (χ2n) is 6.77. The molecule has 1 heterocycles. The van der Waals surface area contributed by atoms with Crippen LogP contribution >= 0.6 is 0 Å². The molecule has 1 atom stereocenters. The molecule has 150 valence electrons. The van der Waals surface area contributed by atoms with E-state index in [-0.39, 0.29) is 24.3 Å². The Labute approximate surface area is 168 Å². The number of esters is 1. The number of carbonyl (C=O) groups is 2. The third kappa shape index (κ3) is 5.25. The van der Waals surface area contributed by atoms with Gasteiger partial charge in [0.25, 0.3) is 5.91 Å². The van der Waals surface area contributed by atoms with Crippen molar-refractivity contribution in [1.82, 2.24) is 25.5 Å². The fourth-order valence-electron chi connectivity index (χ4n) is 2.89. The Hall–Kier alpha value is -3.55. The van der Waals surface area contributed by atoms with E-state index in [2.05, 4.69) is 20.8 Å². The molecule has 1 unspecified atom stereocenters. The van der Waals surface area contributed by atoms with Gasteiger partial charge in [-0.05, 0) is 60.5 Å². The number of hydrogen-bond donors (Lipinski definition) is 1. The molecule has 2 aromatic carbocycles. The minimum Gasteiger partial charge on any atom is -0.466 e. The molecule has 1 amide bonds. The van der Waals surface area contributed by atoms with Gasteiger partial charge in [0.15, 0.2) is 0 Å². The van der Waals surface area contributed by atoms with Gasteiger partial charge in [-0.15, -0.1) is 5.10 Å². The van der Waals surface area contributed by atoms with E-state index in [1.807, 2.05) is 43.3 Å². The zero-order chi connectivity index (χ0) is 20.8. The van der Waals surface area contributed by atoms with Crippen LogP contribution in [0.2, 0.25) is 0 Å². The largest absolute Gasteiger partial charge is 0.466 e. The Kier molecular flexibility index (Phi) is 6.33. The molecule has 3 rings (SSSR count). The molecule has 3 aromatic rings. The summed E-state index contributed by atoms with van der Waals surface area (Å²) < 4.78 is 6.44. The number of ether oxygens (including phenoxy) is 1. The lowest BCUT2D eigenvalue weighted by Crippen LogP contribution is -2.34. The highest BCUT2D eigenvalue weighted by atomic mass is 16.5. The predicted octanol–water partition coefficient (Wildman–Crippen LogP) is 2.71. The van der Waals surface area contributed by atoms with E-state index in [9.17, 15) is 9.59 Å². The first-order valence-corrected chi connectivity index (χ1v) is 9.38. The van der Waals surface area contributed by atoms with Gasteiger partial charge in [-0.2, -0.15) is 0 Å². The van der Waals surface area contributed by atoms with E-state index in [0.717, 1.165) is 16.7 Å². The molecule has 0 aliphatic heterocycles. The van der Waals surface area contributed by atoms with Crippen LogP contribution in [0.4, 0.5) is 0 Å². The number of carbonyl (C=O) groups excluding carboxylic acids is 2. The van der Waals surface area contributed by atoms with Crippen LogP contribution in [-0.4, -0.2) is 44.7 Å². The monoisotopic (exact) mass is 393 g/mol. The van der Waals surface area contributed by atoms with Crippen molar-refractivity contribution in [3.63, 3.8) is 0 Å². The highest BCUT2D eigenvalue weighted by Gasteiger charge is 2.16. The van der Waals surface area contributed by atoms with Crippen molar-refractivity contribution in [2.75, 3.05) is 6.61 Å². The number of benzene rings is 2. The average Bonchev–Trinajstić information content (AvgIpc) is 3.23. The van der Waals surface area contributed by atoms with Crippen LogP contribution in [0.5, 0.6) is 0 Å². The maximum atomic E-state index is 12.8. The van der Waals surface area contributed by atoms with Gasteiger partial charge in [-0.1, -0.05) is 29.8 Å². The van der Waals surface area contributed by atoms with Gasteiger partial charge in [0, 0.05) is 11.6 Å². The molecular weight excluding hydrogens is 370 g/mol. The molecule has 8 nitrogen and oxygen atoms in total. The van der Waals surface area contributed by atoms with E-state index in [0.29, 0.717) is 17.9 Å². The second-order valence-corrected chi connectivity index (χ2v) is 6.77. The standard InChI is InChI=1S/C21H23N5O3/c1-4-29-20(27)9-15(3)23-21(28)18-10-17(16-7-5-14(2)6-8-16)11-19(12-18)26-13-22-24-25-26/h5-8,10-13,15H,4,9H2,1-3H3,(H,23,28). The van der Waals surface area contributed by atoms with Crippen LogP contribution in [0.25, 0.3) is 16.8 Å². The molecule has 29 heavy (non-hydrogen) atoms. The number of nitrogens with one attached hydrogen (secondary N) is 1. The van der Waals surface area contributed by atoms with Gasteiger partial charge in [-0.3, -0.25) is 9.59 Å². The molecule has 1 N–H and O–H groups in total. The van der Waals surface area contributed by atoms with E-state index < -0.39 is 0 Å². The van der Waals surface area contributed by atoms with E-state index in [1.54, 1.807) is 19.9 Å². The minimum absolute atomic E-state index is 0.108. The quantitative estimate of drug-likeness (QED) is 0.620. The highest BCUT2D eigenvalue weighted by molar-refractivity contribution is 5.96. The summed E-state index contributed by atoms with van der Waals surface area (Å²) in [6, 6.07) is 13.1. The van der Waals surface area contributed by atoms with Crippen molar-refractivity contribution in [2.45, 2.75) is 33.2 Å². The topological polar surface area (TPSA) is 99.0 Å². The molecule has 0 fully saturated rings. The van der Waals surface area contributed by atoms with Crippen molar-refractivity contribution in [1.29, 1.82) is 0 Å². The molecule has 0 radical (unpaired) electrons. The molecule has 0 bridgehead atoms. The van der Waals surface area contributed by atoms with Crippen molar-refractivity contribution in [2.24, 2.45) is 0 Å². The van der Waals surface area contributed by atoms with Gasteiger partial charge in [-0.25, -0.2) is 4.68 Å². The molecule has 0 saturated heterocycles. The number of tetrazole rings is 1. The number of aryl methyl sites for hydroxylation is 1. The Morgan fingerprint density at radius 1 is 1.14 bits per heavy atom. The summed E-state index contributed by atoms with van der Waals surface area (Å²) in [5.74, 6) is -0.631. The molecule has 8 heteroatoms. The van der Waals surface area contributed by atoms with Crippen molar-refractivity contribution >= 4 is 11.9 Å². The Balaban J connectivity index is 1.90. The Morgan fingerprint density at radius 2 is 1.90 bits per heavy atom. The lowest BCUT2D eigenvalue weighted by atomic mass is 10.0. The first kappa shape index (κ1) is 20.2. The first-order chi connectivity index (χ1) is 14.0. The predicted molar refractivity (Wildman–Crippen MR) is 108 cm³/mol. The summed E-state index contributed by atoms with van der Waals surface area (Å²) in [6.45, 7) is 5.84. The van der Waals surface area contributed by atoms with Crippen molar-refractivity contribution in [3.8, 4) is 16.8 Å². The zero-order valence-electron chi connectivity index (χ0n) is 16.6. The van der Waals surface area contributed by atoms with Crippen LogP contribution in [0.1, 0.15) is 36.2 Å². The Bertz CT molecular complexity index is 984. The highest BCUT2D eigenvalue weighted by Crippen LogP contribution is 2.24. The van der Waals surface area contributed by atoms with Crippen molar-refractivity contribution in [3.05, 3.63) is 59.9 Å². The molecular formula is C21H23N5O3. The van der Waals surface area contributed by atoms with Crippen molar-refractivity contribution < 1.29 is 14.3 Å². The smallest absolute Gasteiger partial charge is 0.307 e. The van der Waals surface area contributed by atoms with E-state index >= 15 is 0 Å². The lowest BCUT2D eigenvalue weighted by molar-refractivity contribution is -0.143. The summed E-state index contributed by atoms with van der Waals surface area (Å²) >= 11 is 0. The maximum Gasteiger partial charge on any atom is 0.307 e. The molecule has 0 aliphatic rings. The van der Waals surface area contributed by atoms with Gasteiger partial charge in [0.1, 0.15) is 6.33 Å². The summed E-state index contributed by atoms with van der Waals surface area (Å²) in [4.78, 5) is 24.5. The molecule has 1 aromatic heterocycles. The third-order valence-electron chi connectivity index (χ3n) is 4.33. The normalized spacial score (nSPS) is 11.7. The zero-order valence-corrected chi connectivity index (χ0v) is 16.6. The van der Waals surface area contributed by atoms with Gasteiger partial charge in [0.2, 0.25) is 0 Å². The number of aromatic nitrogens is 4. The lowest BCUT2D eigenvalue weighted by Gasteiger charge is -2.15. The number of rotatable bonds is 7. The summed E-state index contributed by atoms with van der Waals surface area (Å²) in [7, 11) is 0. The molecule has 0 saturated carbocycles. The first-order valence-electron chi connectivity index (χ1n) is 9.38. The third-order valence-corrected chi connectivity index (χ3v) is 4.33. The number of nitrogens with zero attached hydrogens (tertiary/aromatic N) is 4. The second kappa shape index (κ2) is 9.09. The fraction of sp³-hybridized carbons (Fsp3) is 0.286. The van der Waals surface area contributed by atoms with E-state index in [1.165, 1.54) is 11.0 Å². The fourth-order valence-corrected chi connectivity index (χ4v) is 2.89. The summed E-state index contributed by atoms with van der Waals surface area (Å²) in [5.41, 5.74) is 4.09. The van der Waals surface area contributed by atoms with Crippen LogP contribution in [0, 0.1) is 6.92 Å². The van der Waals surface area contributed by atoms with Gasteiger partial charge >= 0.3 is 5.97 Å². The average molecular weight is 393 g/mol. The van der Waals surface area contributed by atoms with Crippen LogP contribution in [0.15, 0.2) is 48.8 Å². The van der Waals surface area contributed by atoms with Gasteiger partial charge < -0.3 is 10.1 Å². The number of amides is 1. The summed E-state index contributed by atoms with van der Waals surface area (Å²) in [6.07, 6.45) is 1.58. The van der Waals surface area contributed by atoms with Crippen LogP contribution in [0.3, 0.4) is 0 Å². The summed E-state index contributed by atoms with van der Waals surface area (Å²) in [5, 5.41) is 14.1. The van der Waals surface area contributed by atoms with Crippen LogP contribution < -0.4 is 5.32 Å². The maximum absolute atomic E-state index is 12.8. The molecule has 0 aliphatic carbocycles. The van der Waals surface area contributed by atoms with Gasteiger partial charge in [0.05, 0.1) is 18.7 Å². The minimum atomic E-state index is -0.360. The SMILES string of the molecule is CCOC(=O)CC(C)NC(=O)c1cc(-c2ccc(C)cc2)cc(-n2cnnn2)c1. The Morgan fingerprint density at radius 3 is 2.55 bits per heavy atom. The van der Waals surface area contributed by atoms with E-state index in [4.69, 9.17) is 4.74 Å². The number of hydrogen-bond acceptors (Lipinski definition) is 6.